The Morgan fingerprint density at radius 2 is 2.21 bits per heavy atom. The highest BCUT2D eigenvalue weighted by molar-refractivity contribution is 5.94. The van der Waals surface area contributed by atoms with Crippen molar-refractivity contribution in [3.8, 4) is 11.4 Å². The van der Waals surface area contributed by atoms with Crippen LogP contribution in [0.25, 0.3) is 11.4 Å². The van der Waals surface area contributed by atoms with Crippen LogP contribution in [0.2, 0.25) is 0 Å². The van der Waals surface area contributed by atoms with Crippen molar-refractivity contribution < 1.29 is 9.53 Å². The van der Waals surface area contributed by atoms with Gasteiger partial charge < -0.3 is 10.1 Å². The molecular weight excluding hydrogens is 306 g/mol. The summed E-state index contributed by atoms with van der Waals surface area (Å²) in [6, 6.07) is 7.92. The van der Waals surface area contributed by atoms with Crippen molar-refractivity contribution in [2.45, 2.75) is 38.3 Å². The van der Waals surface area contributed by atoms with Crippen molar-refractivity contribution in [2.24, 2.45) is 0 Å². The predicted molar refractivity (Wildman–Crippen MR) is 90.4 cm³/mol. The van der Waals surface area contributed by atoms with Crippen molar-refractivity contribution in [3.05, 3.63) is 36.9 Å². The molecule has 1 saturated carbocycles. The number of hydrogen-bond donors (Lipinski definition) is 1. The Labute approximate surface area is 140 Å². The molecule has 24 heavy (non-hydrogen) atoms. The molecule has 0 bridgehead atoms. The molecule has 126 valence electrons. The molecule has 1 fully saturated rings. The summed E-state index contributed by atoms with van der Waals surface area (Å²) >= 11 is 0. The van der Waals surface area contributed by atoms with E-state index < -0.39 is 6.10 Å². The van der Waals surface area contributed by atoms with Crippen molar-refractivity contribution in [3.63, 3.8) is 0 Å². The second-order valence-corrected chi connectivity index (χ2v) is 5.84. The first kappa shape index (κ1) is 16.3. The van der Waals surface area contributed by atoms with Gasteiger partial charge in [-0.25, -0.2) is 4.68 Å². The quantitative estimate of drug-likeness (QED) is 0.595. The van der Waals surface area contributed by atoms with E-state index in [9.17, 15) is 4.79 Å². The molecule has 1 aliphatic carbocycles. The standard InChI is InChI=1S/C17H21N5O2/c1-3-4-11-24-12(2)17(23)18-14-7-5-13(6-8-14)16-19-20-21-22(16)15-9-10-15/h3,5-8,12,15H,1,4,9-11H2,2H3,(H,18,23). The van der Waals surface area contributed by atoms with Gasteiger partial charge in [0.1, 0.15) is 6.10 Å². The maximum Gasteiger partial charge on any atom is 0.253 e. The largest absolute Gasteiger partial charge is 0.368 e. The van der Waals surface area contributed by atoms with Crippen LogP contribution in [0.4, 0.5) is 5.69 Å². The molecule has 1 N–H and O–H groups in total. The van der Waals surface area contributed by atoms with Crippen molar-refractivity contribution in [1.82, 2.24) is 20.2 Å². The number of rotatable bonds is 8. The van der Waals surface area contributed by atoms with Gasteiger partial charge in [0.15, 0.2) is 5.82 Å². The van der Waals surface area contributed by atoms with Gasteiger partial charge in [0.25, 0.3) is 5.91 Å². The lowest BCUT2D eigenvalue weighted by atomic mass is 10.2. The predicted octanol–water partition coefficient (Wildman–Crippen LogP) is 2.59. The van der Waals surface area contributed by atoms with E-state index in [2.05, 4.69) is 27.4 Å². The fourth-order valence-corrected chi connectivity index (χ4v) is 2.30. The molecular formula is C17H21N5O2. The Bertz CT molecular complexity index is 706. The van der Waals surface area contributed by atoms with E-state index in [1.165, 1.54) is 0 Å². The van der Waals surface area contributed by atoms with Crippen LogP contribution in [0.1, 0.15) is 32.2 Å². The second-order valence-electron chi connectivity index (χ2n) is 5.84. The first-order valence-electron chi connectivity index (χ1n) is 8.10. The van der Waals surface area contributed by atoms with Crippen LogP contribution in [-0.4, -0.2) is 38.8 Å². The van der Waals surface area contributed by atoms with Crippen LogP contribution in [0.15, 0.2) is 36.9 Å². The van der Waals surface area contributed by atoms with E-state index in [0.29, 0.717) is 18.3 Å². The molecule has 0 radical (unpaired) electrons. The number of amides is 1. The highest BCUT2D eigenvalue weighted by atomic mass is 16.5. The Morgan fingerprint density at radius 1 is 1.46 bits per heavy atom. The zero-order valence-electron chi connectivity index (χ0n) is 13.7. The molecule has 0 spiro atoms. The molecule has 0 aliphatic heterocycles. The van der Waals surface area contributed by atoms with E-state index in [-0.39, 0.29) is 5.91 Å². The Hall–Kier alpha value is -2.54. The van der Waals surface area contributed by atoms with Gasteiger partial charge in [-0.2, -0.15) is 0 Å². The van der Waals surface area contributed by atoms with Crippen LogP contribution in [0.3, 0.4) is 0 Å². The first-order valence-corrected chi connectivity index (χ1v) is 8.10. The average Bonchev–Trinajstić information content (AvgIpc) is 3.32. The highest BCUT2D eigenvalue weighted by Gasteiger charge is 2.28. The fourth-order valence-electron chi connectivity index (χ4n) is 2.30. The van der Waals surface area contributed by atoms with Gasteiger partial charge in [-0.3, -0.25) is 4.79 Å². The van der Waals surface area contributed by atoms with Crippen LogP contribution < -0.4 is 5.32 Å². The summed E-state index contributed by atoms with van der Waals surface area (Å²) in [6.45, 7) is 5.84. The summed E-state index contributed by atoms with van der Waals surface area (Å²) in [6.07, 6.45) is 4.22. The highest BCUT2D eigenvalue weighted by Crippen LogP contribution is 2.36. The summed E-state index contributed by atoms with van der Waals surface area (Å²) in [5.74, 6) is 0.589. The minimum absolute atomic E-state index is 0.172. The SMILES string of the molecule is C=CCCOC(C)C(=O)Nc1ccc(-c2nnnn2C2CC2)cc1. The molecule has 7 heteroatoms. The maximum atomic E-state index is 12.1. The topological polar surface area (TPSA) is 81.9 Å². The summed E-state index contributed by atoms with van der Waals surface area (Å²) in [4.78, 5) is 12.1. The van der Waals surface area contributed by atoms with Crippen molar-refractivity contribution in [2.75, 3.05) is 11.9 Å². The number of nitrogens with zero attached hydrogens (tertiary/aromatic N) is 4. The second kappa shape index (κ2) is 7.35. The van der Waals surface area contributed by atoms with Crippen LogP contribution >= 0.6 is 0 Å². The van der Waals surface area contributed by atoms with Crippen LogP contribution in [-0.2, 0) is 9.53 Å². The minimum atomic E-state index is -0.508. The smallest absolute Gasteiger partial charge is 0.253 e. The van der Waals surface area contributed by atoms with Gasteiger partial charge in [-0.05, 0) is 60.9 Å². The molecule has 1 amide bonds. The molecule has 1 aromatic carbocycles. The molecule has 1 aromatic heterocycles. The van der Waals surface area contributed by atoms with Crippen molar-refractivity contribution >= 4 is 11.6 Å². The van der Waals surface area contributed by atoms with E-state index in [1.54, 1.807) is 13.0 Å². The number of ether oxygens (including phenoxy) is 1. The fraction of sp³-hybridized carbons (Fsp3) is 0.412. The van der Waals surface area contributed by atoms with E-state index in [4.69, 9.17) is 4.74 Å². The number of carbonyl (C=O) groups is 1. The van der Waals surface area contributed by atoms with E-state index >= 15 is 0 Å². The number of nitrogens with one attached hydrogen (secondary N) is 1. The van der Waals surface area contributed by atoms with Gasteiger partial charge in [0.05, 0.1) is 12.6 Å². The normalized spacial score (nSPS) is 15.0. The molecule has 1 unspecified atom stereocenters. The monoisotopic (exact) mass is 327 g/mol. The number of benzene rings is 1. The third kappa shape index (κ3) is 3.86. The summed E-state index contributed by atoms with van der Waals surface area (Å²) in [5.41, 5.74) is 1.65. The zero-order valence-corrected chi connectivity index (χ0v) is 13.7. The number of tetrazole rings is 1. The summed E-state index contributed by atoms with van der Waals surface area (Å²) < 4.78 is 7.30. The van der Waals surface area contributed by atoms with Crippen LogP contribution in [0, 0.1) is 0 Å². The van der Waals surface area contributed by atoms with Gasteiger partial charge in [0.2, 0.25) is 0 Å². The number of hydrogen-bond acceptors (Lipinski definition) is 5. The lowest BCUT2D eigenvalue weighted by Crippen LogP contribution is -2.27. The molecule has 1 aliphatic rings. The minimum Gasteiger partial charge on any atom is -0.368 e. The Morgan fingerprint density at radius 3 is 2.88 bits per heavy atom. The van der Waals surface area contributed by atoms with Gasteiger partial charge in [0, 0.05) is 11.3 Å². The van der Waals surface area contributed by atoms with Gasteiger partial charge in [-0.1, -0.05) is 6.08 Å². The van der Waals surface area contributed by atoms with Crippen LogP contribution in [0.5, 0.6) is 0 Å². The lowest BCUT2D eigenvalue weighted by molar-refractivity contribution is -0.126. The number of aromatic nitrogens is 4. The van der Waals surface area contributed by atoms with Gasteiger partial charge in [-0.15, -0.1) is 11.7 Å². The molecule has 2 aromatic rings. The van der Waals surface area contributed by atoms with E-state index in [0.717, 1.165) is 30.7 Å². The molecule has 0 saturated heterocycles. The van der Waals surface area contributed by atoms with E-state index in [1.807, 2.05) is 28.9 Å². The van der Waals surface area contributed by atoms with Gasteiger partial charge >= 0.3 is 0 Å². The number of carbonyl (C=O) groups excluding carboxylic acids is 1. The maximum absolute atomic E-state index is 12.1. The third-order valence-corrected chi connectivity index (χ3v) is 3.86. The lowest BCUT2D eigenvalue weighted by Gasteiger charge is -2.13. The Balaban J connectivity index is 1.61. The number of anilines is 1. The third-order valence-electron chi connectivity index (χ3n) is 3.86. The Kier molecular flexibility index (Phi) is 5.00. The molecule has 1 atom stereocenters. The molecule has 1 heterocycles. The zero-order chi connectivity index (χ0) is 16.9. The summed E-state index contributed by atoms with van der Waals surface area (Å²) in [7, 11) is 0. The van der Waals surface area contributed by atoms with Crippen molar-refractivity contribution in [1.29, 1.82) is 0 Å². The summed E-state index contributed by atoms with van der Waals surface area (Å²) in [5, 5.41) is 14.7. The molecule has 7 nitrogen and oxygen atoms in total. The molecule has 3 rings (SSSR count). The average molecular weight is 327 g/mol. The first-order chi connectivity index (χ1) is 11.7.